The highest BCUT2D eigenvalue weighted by Gasteiger charge is 2.29. The van der Waals surface area contributed by atoms with E-state index >= 15 is 0 Å². The van der Waals surface area contributed by atoms with Gasteiger partial charge < -0.3 is 19.9 Å². The van der Waals surface area contributed by atoms with Crippen LogP contribution in [0.1, 0.15) is 11.1 Å². The van der Waals surface area contributed by atoms with Crippen LogP contribution in [-0.2, 0) is 27.3 Å². The van der Waals surface area contributed by atoms with Crippen LogP contribution in [-0.4, -0.2) is 36.4 Å². The van der Waals surface area contributed by atoms with Crippen molar-refractivity contribution in [1.82, 2.24) is 5.32 Å². The first-order valence-corrected chi connectivity index (χ1v) is 7.87. The molecule has 0 unspecified atom stereocenters. The van der Waals surface area contributed by atoms with Crippen LogP contribution in [0, 0.1) is 0 Å². The smallest absolute Gasteiger partial charge is 0.407 e. The second-order valence-electron chi connectivity index (χ2n) is 5.47. The molecule has 2 N–H and O–H groups in total. The van der Waals surface area contributed by atoms with Crippen molar-refractivity contribution in [2.75, 3.05) is 7.11 Å². The Morgan fingerprint density at radius 1 is 1.00 bits per heavy atom. The van der Waals surface area contributed by atoms with Gasteiger partial charge in [0.05, 0.1) is 13.2 Å². The van der Waals surface area contributed by atoms with Gasteiger partial charge in [0.1, 0.15) is 6.61 Å². The number of rotatable bonds is 7. The SMILES string of the molecule is COC(=O)[C@@H](O)[C@H](Cc1ccccc1)NC(=O)OCc1ccccc1. The molecule has 0 saturated heterocycles. The summed E-state index contributed by atoms with van der Waals surface area (Å²) in [6.45, 7) is 0.0963. The van der Waals surface area contributed by atoms with E-state index in [1.54, 1.807) is 0 Å². The first-order valence-electron chi connectivity index (χ1n) is 7.87. The Bertz CT molecular complexity index is 675. The first-order chi connectivity index (χ1) is 12.1. The molecule has 0 aliphatic rings. The number of carbonyl (C=O) groups is 2. The number of ether oxygens (including phenoxy) is 2. The summed E-state index contributed by atoms with van der Waals surface area (Å²) in [5.41, 5.74) is 1.70. The molecular formula is C19H21NO5. The summed E-state index contributed by atoms with van der Waals surface area (Å²) in [4.78, 5) is 23.7. The number of nitrogens with one attached hydrogen (secondary N) is 1. The zero-order chi connectivity index (χ0) is 18.1. The molecule has 2 aromatic carbocycles. The molecule has 2 aromatic rings. The Morgan fingerprint density at radius 3 is 2.12 bits per heavy atom. The Labute approximate surface area is 146 Å². The fourth-order valence-corrected chi connectivity index (χ4v) is 2.31. The van der Waals surface area contributed by atoms with Gasteiger partial charge >= 0.3 is 12.1 Å². The van der Waals surface area contributed by atoms with Crippen molar-refractivity contribution in [3.63, 3.8) is 0 Å². The fraction of sp³-hybridized carbons (Fsp3) is 0.263. The maximum Gasteiger partial charge on any atom is 0.407 e. The Hall–Kier alpha value is -2.86. The van der Waals surface area contributed by atoms with Crippen molar-refractivity contribution in [1.29, 1.82) is 0 Å². The lowest BCUT2D eigenvalue weighted by atomic mass is 10.0. The van der Waals surface area contributed by atoms with Gasteiger partial charge in [-0.05, 0) is 17.5 Å². The third-order valence-corrected chi connectivity index (χ3v) is 3.64. The fourth-order valence-electron chi connectivity index (χ4n) is 2.31. The van der Waals surface area contributed by atoms with Crippen LogP contribution in [0.5, 0.6) is 0 Å². The van der Waals surface area contributed by atoms with Crippen molar-refractivity contribution >= 4 is 12.1 Å². The molecule has 0 aliphatic heterocycles. The number of aliphatic hydroxyl groups is 1. The molecule has 0 radical (unpaired) electrons. The summed E-state index contributed by atoms with van der Waals surface area (Å²) < 4.78 is 9.71. The summed E-state index contributed by atoms with van der Waals surface area (Å²) in [6.07, 6.45) is -1.94. The molecule has 6 heteroatoms. The molecule has 2 atom stereocenters. The van der Waals surface area contributed by atoms with Gasteiger partial charge in [-0.1, -0.05) is 60.7 Å². The first kappa shape index (κ1) is 18.5. The third-order valence-electron chi connectivity index (χ3n) is 3.64. The van der Waals surface area contributed by atoms with E-state index in [0.29, 0.717) is 0 Å². The van der Waals surface area contributed by atoms with Crippen molar-refractivity contribution in [3.05, 3.63) is 71.8 Å². The van der Waals surface area contributed by atoms with Crippen LogP contribution in [0.3, 0.4) is 0 Å². The summed E-state index contributed by atoms with van der Waals surface area (Å²) in [7, 11) is 1.18. The second-order valence-corrected chi connectivity index (χ2v) is 5.47. The van der Waals surface area contributed by atoms with E-state index in [2.05, 4.69) is 10.1 Å². The zero-order valence-electron chi connectivity index (χ0n) is 13.9. The molecular weight excluding hydrogens is 322 g/mol. The normalized spacial score (nSPS) is 12.7. The molecule has 0 aromatic heterocycles. The van der Waals surface area contributed by atoms with E-state index in [1.807, 2.05) is 60.7 Å². The predicted octanol–water partition coefficient (Wildman–Crippen LogP) is 2.06. The lowest BCUT2D eigenvalue weighted by molar-refractivity contribution is -0.151. The van der Waals surface area contributed by atoms with Crippen molar-refractivity contribution < 1.29 is 24.2 Å². The van der Waals surface area contributed by atoms with Crippen LogP contribution in [0.2, 0.25) is 0 Å². The van der Waals surface area contributed by atoms with Gasteiger partial charge in [0.25, 0.3) is 0 Å². The van der Waals surface area contributed by atoms with Gasteiger partial charge in [-0.25, -0.2) is 9.59 Å². The third kappa shape index (κ3) is 5.93. The van der Waals surface area contributed by atoms with Crippen LogP contribution in [0.15, 0.2) is 60.7 Å². The number of esters is 1. The molecule has 0 bridgehead atoms. The molecule has 0 heterocycles. The largest absolute Gasteiger partial charge is 0.467 e. The lowest BCUT2D eigenvalue weighted by Gasteiger charge is -2.22. The monoisotopic (exact) mass is 343 g/mol. The van der Waals surface area contributed by atoms with Gasteiger partial charge in [0.2, 0.25) is 0 Å². The lowest BCUT2D eigenvalue weighted by Crippen LogP contribution is -2.48. The zero-order valence-corrected chi connectivity index (χ0v) is 13.9. The Kier molecular flexibility index (Phi) is 6.98. The molecule has 0 spiro atoms. The number of benzene rings is 2. The highest BCUT2D eigenvalue weighted by molar-refractivity contribution is 5.77. The Balaban J connectivity index is 1.99. The highest BCUT2D eigenvalue weighted by atomic mass is 16.6. The van der Waals surface area contributed by atoms with Gasteiger partial charge in [-0.3, -0.25) is 0 Å². The summed E-state index contributed by atoms with van der Waals surface area (Å²) in [5, 5.41) is 12.7. The van der Waals surface area contributed by atoms with Gasteiger partial charge in [0, 0.05) is 0 Å². The minimum absolute atomic E-state index is 0.0963. The maximum atomic E-state index is 12.0. The summed E-state index contributed by atoms with van der Waals surface area (Å²) >= 11 is 0. The molecule has 0 saturated carbocycles. The van der Waals surface area contributed by atoms with Crippen molar-refractivity contribution in [3.8, 4) is 0 Å². The highest BCUT2D eigenvalue weighted by Crippen LogP contribution is 2.09. The summed E-state index contributed by atoms with van der Waals surface area (Å²) in [5.74, 6) is -0.815. The van der Waals surface area contributed by atoms with Crippen molar-refractivity contribution in [2.24, 2.45) is 0 Å². The minimum Gasteiger partial charge on any atom is -0.467 e. The standard InChI is InChI=1S/C19H21NO5/c1-24-18(22)17(21)16(12-14-8-4-2-5-9-14)20-19(23)25-13-15-10-6-3-7-11-15/h2-11,16-17,21H,12-13H2,1H3,(H,20,23)/t16-,17-/m0/s1. The van der Waals surface area contributed by atoms with E-state index in [0.717, 1.165) is 11.1 Å². The van der Waals surface area contributed by atoms with E-state index < -0.39 is 24.2 Å². The molecule has 25 heavy (non-hydrogen) atoms. The molecule has 1 amide bonds. The second kappa shape index (κ2) is 9.44. The van der Waals surface area contributed by atoms with Crippen molar-refractivity contribution in [2.45, 2.75) is 25.2 Å². The quantitative estimate of drug-likeness (QED) is 0.752. The van der Waals surface area contributed by atoms with Gasteiger partial charge in [-0.15, -0.1) is 0 Å². The van der Waals surface area contributed by atoms with Crippen LogP contribution in [0.4, 0.5) is 4.79 Å². The average Bonchev–Trinajstić information content (AvgIpc) is 2.66. The van der Waals surface area contributed by atoms with Crippen LogP contribution in [0.25, 0.3) is 0 Å². The number of aliphatic hydroxyl groups excluding tert-OH is 1. The number of hydrogen-bond acceptors (Lipinski definition) is 5. The number of methoxy groups -OCH3 is 1. The van der Waals surface area contributed by atoms with E-state index in [4.69, 9.17) is 4.74 Å². The molecule has 132 valence electrons. The number of carbonyl (C=O) groups excluding carboxylic acids is 2. The van der Waals surface area contributed by atoms with Crippen LogP contribution >= 0.6 is 0 Å². The number of amides is 1. The molecule has 2 rings (SSSR count). The van der Waals surface area contributed by atoms with E-state index in [1.165, 1.54) is 7.11 Å². The van der Waals surface area contributed by atoms with Gasteiger partial charge in [0.15, 0.2) is 6.10 Å². The molecule has 0 fully saturated rings. The number of hydrogen-bond donors (Lipinski definition) is 2. The Morgan fingerprint density at radius 2 is 1.56 bits per heavy atom. The molecule has 6 nitrogen and oxygen atoms in total. The van der Waals surface area contributed by atoms with E-state index in [-0.39, 0.29) is 13.0 Å². The van der Waals surface area contributed by atoms with Crippen LogP contribution < -0.4 is 5.32 Å². The maximum absolute atomic E-state index is 12.0. The predicted molar refractivity (Wildman–Crippen MR) is 91.7 cm³/mol. The van der Waals surface area contributed by atoms with E-state index in [9.17, 15) is 14.7 Å². The topological polar surface area (TPSA) is 84.9 Å². The minimum atomic E-state index is -1.49. The summed E-state index contributed by atoms with van der Waals surface area (Å²) in [6, 6.07) is 17.6. The number of alkyl carbamates (subject to hydrolysis) is 1. The van der Waals surface area contributed by atoms with Gasteiger partial charge in [-0.2, -0.15) is 0 Å². The average molecular weight is 343 g/mol. The molecule has 0 aliphatic carbocycles.